The van der Waals surface area contributed by atoms with Crippen LogP contribution in [0.4, 0.5) is 0 Å². The maximum absolute atomic E-state index is 12.0. The summed E-state index contributed by atoms with van der Waals surface area (Å²) in [6.07, 6.45) is 7.41. The molecule has 2 aliphatic rings. The maximum atomic E-state index is 12.0. The molecular formula is C12H20N2O. The van der Waals surface area contributed by atoms with Crippen molar-refractivity contribution in [2.75, 3.05) is 19.6 Å². The Balaban J connectivity index is 1.84. The summed E-state index contributed by atoms with van der Waals surface area (Å²) in [4.78, 5) is 14.1. The quantitative estimate of drug-likeness (QED) is 0.703. The Morgan fingerprint density at radius 2 is 2.33 bits per heavy atom. The molecule has 1 N–H and O–H groups in total. The molecule has 0 bridgehead atoms. The fourth-order valence-electron chi connectivity index (χ4n) is 2.34. The molecule has 1 heterocycles. The molecule has 15 heavy (non-hydrogen) atoms. The number of amides is 1. The smallest absolute Gasteiger partial charge is 0.223 e. The number of allylic oxidation sites excluding steroid dienone is 2. The summed E-state index contributed by atoms with van der Waals surface area (Å²) < 4.78 is 0. The van der Waals surface area contributed by atoms with Crippen molar-refractivity contribution >= 4 is 5.91 Å². The lowest BCUT2D eigenvalue weighted by molar-refractivity contribution is -0.135. The average molecular weight is 208 g/mol. The minimum absolute atomic E-state index is 0.334. The van der Waals surface area contributed by atoms with Gasteiger partial charge in [0.15, 0.2) is 0 Å². The van der Waals surface area contributed by atoms with E-state index in [2.05, 4.69) is 24.4 Å². The fourth-order valence-corrected chi connectivity index (χ4v) is 2.34. The lowest BCUT2D eigenvalue weighted by atomic mass is 10.0. The normalized spacial score (nSPS) is 25.3. The van der Waals surface area contributed by atoms with E-state index in [-0.39, 0.29) is 0 Å². The summed E-state index contributed by atoms with van der Waals surface area (Å²) in [5, 5.41) is 3.22. The molecule has 1 saturated heterocycles. The molecule has 0 aromatic heterocycles. The van der Waals surface area contributed by atoms with E-state index in [1.165, 1.54) is 0 Å². The van der Waals surface area contributed by atoms with Crippen LogP contribution in [0.25, 0.3) is 0 Å². The van der Waals surface area contributed by atoms with Crippen molar-refractivity contribution in [3.05, 3.63) is 12.2 Å². The molecule has 0 spiro atoms. The zero-order valence-corrected chi connectivity index (χ0v) is 9.41. The third-order valence-electron chi connectivity index (χ3n) is 3.41. The molecule has 1 unspecified atom stereocenters. The van der Waals surface area contributed by atoms with Gasteiger partial charge in [-0.05, 0) is 25.7 Å². The van der Waals surface area contributed by atoms with Gasteiger partial charge in [0, 0.05) is 26.1 Å². The van der Waals surface area contributed by atoms with E-state index in [1.807, 2.05) is 4.90 Å². The van der Waals surface area contributed by atoms with Crippen LogP contribution < -0.4 is 5.32 Å². The third-order valence-corrected chi connectivity index (χ3v) is 3.41. The number of hydrogen-bond donors (Lipinski definition) is 1. The maximum Gasteiger partial charge on any atom is 0.223 e. The highest BCUT2D eigenvalue weighted by Gasteiger charge is 2.28. The van der Waals surface area contributed by atoms with Crippen molar-refractivity contribution in [3.63, 3.8) is 0 Å². The Kier molecular flexibility index (Phi) is 3.41. The van der Waals surface area contributed by atoms with Crippen LogP contribution in [-0.2, 0) is 4.79 Å². The molecule has 0 aromatic carbocycles. The Hall–Kier alpha value is -0.830. The Morgan fingerprint density at radius 1 is 1.53 bits per heavy atom. The van der Waals surface area contributed by atoms with Gasteiger partial charge in [-0.3, -0.25) is 4.79 Å². The van der Waals surface area contributed by atoms with E-state index in [0.717, 1.165) is 32.5 Å². The van der Waals surface area contributed by atoms with Gasteiger partial charge in [0.1, 0.15) is 0 Å². The van der Waals surface area contributed by atoms with Crippen LogP contribution in [-0.4, -0.2) is 36.5 Å². The SMILES string of the molecule is CCN(C(=O)CC1C=CCC1)C1CNC1. The molecule has 3 nitrogen and oxygen atoms in total. The Bertz CT molecular complexity index is 258. The molecule has 1 amide bonds. The van der Waals surface area contributed by atoms with Crippen LogP contribution in [0.2, 0.25) is 0 Å². The van der Waals surface area contributed by atoms with Gasteiger partial charge in [-0.25, -0.2) is 0 Å². The first-order valence-electron chi connectivity index (χ1n) is 5.98. The van der Waals surface area contributed by atoms with E-state index in [1.54, 1.807) is 0 Å². The van der Waals surface area contributed by atoms with Crippen molar-refractivity contribution in [1.82, 2.24) is 10.2 Å². The minimum Gasteiger partial charge on any atom is -0.337 e. The van der Waals surface area contributed by atoms with Crippen molar-refractivity contribution in [2.24, 2.45) is 5.92 Å². The van der Waals surface area contributed by atoms with E-state index in [0.29, 0.717) is 24.3 Å². The lowest BCUT2D eigenvalue weighted by Gasteiger charge is -2.38. The molecule has 3 heteroatoms. The number of carbonyl (C=O) groups is 1. The summed E-state index contributed by atoms with van der Waals surface area (Å²) in [5.74, 6) is 0.833. The molecule has 2 rings (SSSR count). The largest absolute Gasteiger partial charge is 0.337 e. The highest BCUT2D eigenvalue weighted by Crippen LogP contribution is 2.22. The van der Waals surface area contributed by atoms with Gasteiger partial charge in [0.25, 0.3) is 0 Å². The predicted octanol–water partition coefficient (Wildman–Crippen LogP) is 1.16. The average Bonchev–Trinajstić information content (AvgIpc) is 2.63. The minimum atomic E-state index is 0.334. The van der Waals surface area contributed by atoms with Crippen LogP contribution in [0.3, 0.4) is 0 Å². The van der Waals surface area contributed by atoms with Gasteiger partial charge in [-0.15, -0.1) is 0 Å². The third kappa shape index (κ3) is 2.40. The van der Waals surface area contributed by atoms with Crippen LogP contribution in [0, 0.1) is 5.92 Å². The standard InChI is InChI=1S/C12H20N2O/c1-2-14(11-8-13-9-11)12(15)7-10-5-3-4-6-10/h3,5,10-11,13H,2,4,6-9H2,1H3. The number of carbonyl (C=O) groups excluding carboxylic acids is 1. The summed E-state index contributed by atoms with van der Waals surface area (Å²) in [6.45, 7) is 4.86. The number of nitrogens with zero attached hydrogens (tertiary/aromatic N) is 1. The second-order valence-electron chi connectivity index (χ2n) is 4.46. The lowest BCUT2D eigenvalue weighted by Crippen LogP contribution is -2.58. The van der Waals surface area contributed by atoms with E-state index >= 15 is 0 Å². The molecule has 1 aliphatic heterocycles. The van der Waals surface area contributed by atoms with Gasteiger partial charge in [-0.2, -0.15) is 0 Å². The summed E-state index contributed by atoms with van der Waals surface area (Å²) in [7, 11) is 0. The van der Waals surface area contributed by atoms with Crippen LogP contribution >= 0.6 is 0 Å². The number of likely N-dealkylation sites (N-methyl/N-ethyl adjacent to an activating group) is 1. The molecule has 1 aliphatic carbocycles. The zero-order chi connectivity index (χ0) is 10.7. The van der Waals surface area contributed by atoms with Gasteiger partial charge < -0.3 is 10.2 Å². The molecule has 1 atom stereocenters. The molecule has 1 fully saturated rings. The van der Waals surface area contributed by atoms with E-state index in [9.17, 15) is 4.79 Å². The first kappa shape index (κ1) is 10.7. The first-order chi connectivity index (χ1) is 7.31. The van der Waals surface area contributed by atoms with Crippen molar-refractivity contribution in [1.29, 1.82) is 0 Å². The molecule has 0 aromatic rings. The summed E-state index contributed by atoms with van der Waals surface area (Å²) >= 11 is 0. The Labute approximate surface area is 91.5 Å². The van der Waals surface area contributed by atoms with Gasteiger partial charge in [0.2, 0.25) is 5.91 Å². The number of nitrogens with one attached hydrogen (secondary N) is 1. The van der Waals surface area contributed by atoms with E-state index in [4.69, 9.17) is 0 Å². The Morgan fingerprint density at radius 3 is 2.80 bits per heavy atom. The van der Waals surface area contributed by atoms with Crippen molar-refractivity contribution in [2.45, 2.75) is 32.2 Å². The van der Waals surface area contributed by atoms with Crippen molar-refractivity contribution < 1.29 is 4.79 Å². The monoisotopic (exact) mass is 208 g/mol. The van der Waals surface area contributed by atoms with Gasteiger partial charge in [0.05, 0.1) is 6.04 Å². The predicted molar refractivity (Wildman–Crippen MR) is 60.5 cm³/mol. The van der Waals surface area contributed by atoms with Crippen LogP contribution in [0.15, 0.2) is 12.2 Å². The second-order valence-corrected chi connectivity index (χ2v) is 4.46. The zero-order valence-electron chi connectivity index (χ0n) is 9.41. The van der Waals surface area contributed by atoms with E-state index < -0.39 is 0 Å². The molecule has 0 saturated carbocycles. The van der Waals surface area contributed by atoms with Gasteiger partial charge in [-0.1, -0.05) is 12.2 Å². The fraction of sp³-hybridized carbons (Fsp3) is 0.750. The van der Waals surface area contributed by atoms with Gasteiger partial charge >= 0.3 is 0 Å². The first-order valence-corrected chi connectivity index (χ1v) is 5.98. The molecule has 0 radical (unpaired) electrons. The topological polar surface area (TPSA) is 32.3 Å². The number of rotatable bonds is 4. The van der Waals surface area contributed by atoms with Crippen molar-refractivity contribution in [3.8, 4) is 0 Å². The van der Waals surface area contributed by atoms with Crippen LogP contribution in [0.5, 0.6) is 0 Å². The molecule has 84 valence electrons. The summed E-state index contributed by atoms with van der Waals surface area (Å²) in [6, 6.07) is 0.452. The second kappa shape index (κ2) is 4.79. The summed E-state index contributed by atoms with van der Waals surface area (Å²) in [5.41, 5.74) is 0. The highest BCUT2D eigenvalue weighted by atomic mass is 16.2. The molecular weight excluding hydrogens is 188 g/mol. The number of hydrogen-bond acceptors (Lipinski definition) is 2. The highest BCUT2D eigenvalue weighted by molar-refractivity contribution is 5.77. The van der Waals surface area contributed by atoms with Crippen LogP contribution in [0.1, 0.15) is 26.2 Å².